The summed E-state index contributed by atoms with van der Waals surface area (Å²) in [6.45, 7) is 39.1. The molecule has 0 saturated heterocycles. The molecule has 0 aliphatic rings. The van der Waals surface area contributed by atoms with Gasteiger partial charge in [-0.15, -0.1) is 0 Å². The number of anilines is 2. The molecule has 0 radical (unpaired) electrons. The number of nitrogens with one attached hydrogen (secondary N) is 1. The predicted molar refractivity (Wildman–Crippen MR) is 318 cm³/mol. The maximum Gasteiger partial charge on any atom is 0.0646 e. The number of aromatic nitrogens is 2. The number of nitrogens with zero attached hydrogens (tertiary/aromatic N) is 2. The topological polar surface area (TPSA) is 24.0 Å². The smallest absolute Gasteiger partial charge is 0.0646 e. The van der Waals surface area contributed by atoms with Crippen LogP contribution in [0.15, 0.2) is 182 Å². The molecule has 0 fully saturated rings. The van der Waals surface area contributed by atoms with Crippen LogP contribution in [-0.4, -0.2) is 9.55 Å². The van der Waals surface area contributed by atoms with Gasteiger partial charge >= 0.3 is 0 Å². The third-order valence-corrected chi connectivity index (χ3v) is 15.1. The number of allylic oxidation sites excluding steroid dienone is 2. The molecule has 0 aliphatic carbocycles. The Balaban J connectivity index is 1.41. The summed E-state index contributed by atoms with van der Waals surface area (Å²) in [5.74, 6) is 0. The highest BCUT2D eigenvalue weighted by molar-refractivity contribution is 6.11. The van der Waals surface area contributed by atoms with Gasteiger partial charge in [-0.1, -0.05) is 226 Å². The molecule has 2 aromatic heterocycles. The molecule has 0 amide bonds. The van der Waals surface area contributed by atoms with Crippen LogP contribution < -0.4 is 4.90 Å². The van der Waals surface area contributed by atoms with E-state index in [0.717, 1.165) is 40.3 Å². The Morgan fingerprint density at radius 3 is 1.58 bits per heavy atom. The molecule has 3 nitrogen and oxygen atoms in total. The van der Waals surface area contributed by atoms with E-state index in [1.807, 2.05) is 0 Å². The molecule has 9 aromatic rings. The third-order valence-electron chi connectivity index (χ3n) is 15.1. The van der Waals surface area contributed by atoms with Crippen molar-refractivity contribution in [1.82, 2.24) is 9.55 Å². The second kappa shape index (κ2) is 18.9. The molecule has 2 heterocycles. The van der Waals surface area contributed by atoms with Gasteiger partial charge in [0.15, 0.2) is 0 Å². The minimum atomic E-state index is -0.165. The van der Waals surface area contributed by atoms with Crippen LogP contribution in [0.2, 0.25) is 0 Å². The summed E-state index contributed by atoms with van der Waals surface area (Å²) in [4.78, 5) is 6.81. The maximum absolute atomic E-state index is 4.39. The predicted octanol–water partition coefficient (Wildman–Crippen LogP) is 20.2. The number of H-pyrrole nitrogens is 1. The maximum atomic E-state index is 4.39. The number of rotatable bonds is 10. The van der Waals surface area contributed by atoms with E-state index >= 15 is 0 Å². The molecule has 0 aliphatic heterocycles. The average molecular weight is 962 g/mol. The number of aromatic amines is 1. The van der Waals surface area contributed by atoms with Crippen LogP contribution in [0, 0.1) is 5.41 Å². The Kier molecular flexibility index (Phi) is 13.2. The molecule has 9 rings (SSSR count). The SMILES string of the molecule is C=C/C(=C\CC(c1cc(C(C)(C)C)cc2c(-c3ccccc3)c(-c3ccccc3)[nH]c12)N(c1ccc(C(C)(C)C)cc1)c1ccc2c3cc(C(C)(C)C)ccc3n(-c3ccc(C(C)(C)C)cc3)c2c1)C(C)(C)C. The highest BCUT2D eigenvalue weighted by Crippen LogP contribution is 2.48. The van der Waals surface area contributed by atoms with Gasteiger partial charge in [0.1, 0.15) is 0 Å². The fourth-order valence-electron chi connectivity index (χ4n) is 10.7. The van der Waals surface area contributed by atoms with Crippen molar-refractivity contribution in [3.05, 3.63) is 210 Å². The molecule has 0 saturated carbocycles. The lowest BCUT2D eigenvalue weighted by atomic mass is 9.82. The fourth-order valence-corrected chi connectivity index (χ4v) is 10.7. The zero-order chi connectivity index (χ0) is 52.4. The van der Waals surface area contributed by atoms with Gasteiger partial charge in [-0.2, -0.15) is 0 Å². The summed E-state index contributed by atoms with van der Waals surface area (Å²) >= 11 is 0. The summed E-state index contributed by atoms with van der Waals surface area (Å²) in [5.41, 5.74) is 19.2. The number of hydrogen-bond acceptors (Lipinski definition) is 1. The first-order valence-corrected chi connectivity index (χ1v) is 26.6. The lowest BCUT2D eigenvalue weighted by Gasteiger charge is -2.36. The second-order valence-electron chi connectivity index (χ2n) is 25.7. The van der Waals surface area contributed by atoms with E-state index in [9.17, 15) is 0 Å². The van der Waals surface area contributed by atoms with Crippen molar-refractivity contribution in [3.8, 4) is 28.1 Å². The molecule has 0 spiro atoms. The number of fused-ring (bicyclic) bond motifs is 4. The van der Waals surface area contributed by atoms with Crippen LogP contribution in [-0.2, 0) is 21.7 Å². The monoisotopic (exact) mass is 962 g/mol. The van der Waals surface area contributed by atoms with E-state index < -0.39 is 0 Å². The van der Waals surface area contributed by atoms with E-state index in [-0.39, 0.29) is 33.1 Å². The molecule has 73 heavy (non-hydrogen) atoms. The van der Waals surface area contributed by atoms with Crippen LogP contribution in [0.5, 0.6) is 0 Å². The summed E-state index contributed by atoms with van der Waals surface area (Å²) in [6, 6.07) is 59.7. The molecule has 1 unspecified atom stereocenters. The molecule has 1 atom stereocenters. The van der Waals surface area contributed by atoms with Crippen LogP contribution in [0.3, 0.4) is 0 Å². The van der Waals surface area contributed by atoms with E-state index in [1.165, 1.54) is 71.7 Å². The van der Waals surface area contributed by atoms with Gasteiger partial charge in [-0.3, -0.25) is 0 Å². The number of benzene rings is 7. The Morgan fingerprint density at radius 1 is 0.507 bits per heavy atom. The van der Waals surface area contributed by atoms with Crippen molar-refractivity contribution in [2.24, 2.45) is 5.41 Å². The molecular formula is C70H79N3. The Labute approximate surface area is 437 Å². The largest absolute Gasteiger partial charge is 0.354 e. The summed E-state index contributed by atoms with van der Waals surface area (Å²) in [6.07, 6.45) is 5.26. The van der Waals surface area contributed by atoms with Gasteiger partial charge in [0.2, 0.25) is 0 Å². The zero-order valence-corrected chi connectivity index (χ0v) is 46.6. The average Bonchev–Trinajstić information content (AvgIpc) is 3.88. The Hall–Kier alpha value is -6.84. The summed E-state index contributed by atoms with van der Waals surface area (Å²) in [7, 11) is 0. The quantitative estimate of drug-likeness (QED) is 0.136. The Bertz CT molecular complexity index is 3470. The van der Waals surface area contributed by atoms with E-state index in [2.05, 4.69) is 295 Å². The van der Waals surface area contributed by atoms with Crippen LogP contribution in [0.4, 0.5) is 11.4 Å². The highest BCUT2D eigenvalue weighted by atomic mass is 15.2. The molecule has 0 bridgehead atoms. The summed E-state index contributed by atoms with van der Waals surface area (Å²) < 4.78 is 2.50. The normalized spacial score (nSPS) is 13.5. The highest BCUT2D eigenvalue weighted by Gasteiger charge is 2.31. The van der Waals surface area contributed by atoms with Crippen molar-refractivity contribution in [1.29, 1.82) is 0 Å². The van der Waals surface area contributed by atoms with Crippen molar-refractivity contribution < 1.29 is 0 Å². The van der Waals surface area contributed by atoms with Crippen molar-refractivity contribution in [2.45, 2.75) is 138 Å². The second-order valence-corrected chi connectivity index (χ2v) is 25.7. The van der Waals surface area contributed by atoms with E-state index in [4.69, 9.17) is 0 Å². The van der Waals surface area contributed by atoms with Crippen molar-refractivity contribution >= 4 is 44.1 Å². The first kappa shape index (κ1) is 51.1. The van der Waals surface area contributed by atoms with Gasteiger partial charge in [0.05, 0.1) is 28.3 Å². The van der Waals surface area contributed by atoms with Gasteiger partial charge in [0, 0.05) is 38.8 Å². The van der Waals surface area contributed by atoms with E-state index in [1.54, 1.807) is 0 Å². The fraction of sp³-hybridized carbons (Fsp3) is 0.314. The van der Waals surface area contributed by atoms with Gasteiger partial charge in [-0.25, -0.2) is 0 Å². The van der Waals surface area contributed by atoms with Crippen molar-refractivity contribution in [3.63, 3.8) is 0 Å². The van der Waals surface area contributed by atoms with Crippen molar-refractivity contribution in [2.75, 3.05) is 4.90 Å². The zero-order valence-electron chi connectivity index (χ0n) is 46.6. The van der Waals surface area contributed by atoms with Crippen LogP contribution in [0.1, 0.15) is 144 Å². The van der Waals surface area contributed by atoms with Crippen LogP contribution >= 0.6 is 0 Å². The van der Waals surface area contributed by atoms with Gasteiger partial charge < -0.3 is 14.5 Å². The third kappa shape index (κ3) is 10.1. The van der Waals surface area contributed by atoms with Gasteiger partial charge in [-0.05, 0) is 133 Å². The molecule has 7 aromatic carbocycles. The summed E-state index contributed by atoms with van der Waals surface area (Å²) in [5, 5.41) is 3.74. The van der Waals surface area contributed by atoms with Gasteiger partial charge in [0.25, 0.3) is 0 Å². The minimum absolute atomic E-state index is 0.00346. The number of hydrogen-bond donors (Lipinski definition) is 1. The lowest BCUT2D eigenvalue weighted by Crippen LogP contribution is -2.25. The first-order valence-electron chi connectivity index (χ1n) is 26.6. The van der Waals surface area contributed by atoms with E-state index in [0.29, 0.717) is 0 Å². The molecule has 3 heteroatoms. The molecule has 374 valence electrons. The standard InChI is InChI=1S/C70H79N3/c1-17-48(66(2,3)4)32-40-61(58-43-52(70(14,15)16)44-59-63(46-24-20-18-21-25-46)64(71-65(58)59)47-26-22-19-23-27-47)72(53-34-28-49(29-35-53)67(5,6)7)55-38-39-56-57-42-51(69(11,12)13)33-41-60(57)73(62(56)45-55)54-36-30-50(31-37-54)68(8,9)10/h17-39,41-45,61,71H,1,40H2,2-16H3/b48-32+. The van der Waals surface area contributed by atoms with Crippen LogP contribution in [0.25, 0.3) is 60.8 Å². The molecule has 1 N–H and O–H groups in total. The lowest BCUT2D eigenvalue weighted by molar-refractivity contribution is 0.512. The Morgan fingerprint density at radius 2 is 1.03 bits per heavy atom. The minimum Gasteiger partial charge on any atom is -0.354 e. The molecular weight excluding hydrogens is 883 g/mol. The first-order chi connectivity index (χ1) is 34.3.